The van der Waals surface area contributed by atoms with Crippen LogP contribution in [0.4, 0.5) is 0 Å². The Morgan fingerprint density at radius 3 is 2.50 bits per heavy atom. The van der Waals surface area contributed by atoms with Crippen molar-refractivity contribution in [1.29, 1.82) is 0 Å². The van der Waals surface area contributed by atoms with E-state index >= 15 is 0 Å². The first kappa shape index (κ1) is 14.7. The van der Waals surface area contributed by atoms with Crippen LogP contribution >= 0.6 is 0 Å². The third kappa shape index (κ3) is 4.14. The lowest BCUT2D eigenvalue weighted by Gasteiger charge is -2.18. The Labute approximate surface area is 121 Å². The number of aromatic nitrogens is 2. The Bertz CT molecular complexity index is 493. The minimum Gasteiger partial charge on any atom is -0.310 e. The third-order valence-corrected chi connectivity index (χ3v) is 3.46. The largest absolute Gasteiger partial charge is 0.310 e. The van der Waals surface area contributed by atoms with Gasteiger partial charge in [0.05, 0.1) is 0 Å². The van der Waals surface area contributed by atoms with E-state index in [4.69, 9.17) is 0 Å². The molecule has 0 saturated carbocycles. The van der Waals surface area contributed by atoms with Crippen molar-refractivity contribution in [1.82, 2.24) is 15.3 Å². The summed E-state index contributed by atoms with van der Waals surface area (Å²) in [5.41, 5.74) is 3.69. The molecule has 2 aromatic heterocycles. The highest BCUT2D eigenvalue weighted by Crippen LogP contribution is 2.17. The van der Waals surface area contributed by atoms with Gasteiger partial charge in [0.25, 0.3) is 0 Å². The fourth-order valence-electron chi connectivity index (χ4n) is 2.22. The molecule has 106 valence electrons. The molecule has 0 aliphatic carbocycles. The van der Waals surface area contributed by atoms with Gasteiger partial charge in [-0.15, -0.1) is 0 Å². The lowest BCUT2D eigenvalue weighted by Crippen LogP contribution is -2.24. The fraction of sp³-hybridized carbons (Fsp3) is 0.412. The van der Waals surface area contributed by atoms with Crippen molar-refractivity contribution < 1.29 is 0 Å². The summed E-state index contributed by atoms with van der Waals surface area (Å²) in [4.78, 5) is 8.66. The molecule has 0 aromatic carbocycles. The van der Waals surface area contributed by atoms with E-state index in [9.17, 15) is 0 Å². The zero-order chi connectivity index (χ0) is 14.2. The molecule has 2 rings (SSSR count). The summed E-state index contributed by atoms with van der Waals surface area (Å²) >= 11 is 0. The highest BCUT2D eigenvalue weighted by Gasteiger charge is 2.12. The highest BCUT2D eigenvalue weighted by molar-refractivity contribution is 5.20. The first-order valence-electron chi connectivity index (χ1n) is 7.40. The first-order valence-corrected chi connectivity index (χ1v) is 7.40. The van der Waals surface area contributed by atoms with Crippen LogP contribution in [-0.2, 0) is 12.8 Å². The summed E-state index contributed by atoms with van der Waals surface area (Å²) in [6.45, 7) is 5.35. The van der Waals surface area contributed by atoms with Gasteiger partial charge in [0.15, 0.2) is 0 Å². The smallest absolute Gasteiger partial charge is 0.0422 e. The van der Waals surface area contributed by atoms with Crippen molar-refractivity contribution >= 4 is 0 Å². The molecule has 3 nitrogen and oxygen atoms in total. The minimum atomic E-state index is 0.304. The van der Waals surface area contributed by atoms with Gasteiger partial charge in [0.1, 0.15) is 0 Å². The molecule has 0 aliphatic rings. The molecule has 0 bridgehead atoms. The number of nitrogens with one attached hydrogen (secondary N) is 1. The van der Waals surface area contributed by atoms with Crippen LogP contribution in [-0.4, -0.2) is 16.5 Å². The molecule has 1 unspecified atom stereocenters. The van der Waals surface area contributed by atoms with Crippen LogP contribution in [0.1, 0.15) is 43.1 Å². The van der Waals surface area contributed by atoms with Gasteiger partial charge >= 0.3 is 0 Å². The Kier molecular flexibility index (Phi) is 5.69. The summed E-state index contributed by atoms with van der Waals surface area (Å²) in [5, 5.41) is 3.60. The molecular weight excluding hydrogens is 246 g/mol. The third-order valence-electron chi connectivity index (χ3n) is 3.46. The van der Waals surface area contributed by atoms with Crippen LogP contribution in [0, 0.1) is 0 Å². The molecule has 1 N–H and O–H groups in total. The van der Waals surface area contributed by atoms with E-state index in [1.807, 2.05) is 18.6 Å². The Balaban J connectivity index is 2.10. The number of pyridine rings is 2. The van der Waals surface area contributed by atoms with Crippen LogP contribution in [0.3, 0.4) is 0 Å². The number of hydrogen-bond acceptors (Lipinski definition) is 3. The van der Waals surface area contributed by atoms with Gasteiger partial charge in [-0.05, 0) is 48.7 Å². The molecule has 0 fully saturated rings. The van der Waals surface area contributed by atoms with Crippen molar-refractivity contribution in [3.8, 4) is 0 Å². The lowest BCUT2D eigenvalue weighted by molar-refractivity contribution is 0.524. The SMILES string of the molecule is CCCNC(Cc1ccc(CC)cn1)c1ccncc1. The second kappa shape index (κ2) is 7.75. The van der Waals surface area contributed by atoms with E-state index in [0.29, 0.717) is 6.04 Å². The van der Waals surface area contributed by atoms with E-state index in [-0.39, 0.29) is 0 Å². The van der Waals surface area contributed by atoms with Crippen molar-refractivity contribution in [2.75, 3.05) is 6.54 Å². The topological polar surface area (TPSA) is 37.8 Å². The van der Waals surface area contributed by atoms with Gasteiger partial charge in [0.2, 0.25) is 0 Å². The predicted octanol–water partition coefficient (Wildman–Crippen LogP) is 3.32. The lowest BCUT2D eigenvalue weighted by atomic mass is 10.0. The molecule has 0 amide bonds. The number of hydrogen-bond donors (Lipinski definition) is 1. The molecule has 3 heteroatoms. The van der Waals surface area contributed by atoms with Gasteiger partial charge in [-0.3, -0.25) is 9.97 Å². The molecule has 20 heavy (non-hydrogen) atoms. The van der Waals surface area contributed by atoms with E-state index < -0.39 is 0 Å². The normalized spacial score (nSPS) is 12.3. The predicted molar refractivity (Wildman–Crippen MR) is 82.6 cm³/mol. The maximum absolute atomic E-state index is 4.57. The molecule has 0 aliphatic heterocycles. The van der Waals surface area contributed by atoms with Gasteiger partial charge in [-0.2, -0.15) is 0 Å². The summed E-state index contributed by atoms with van der Waals surface area (Å²) in [5.74, 6) is 0. The second-order valence-electron chi connectivity index (χ2n) is 5.00. The highest BCUT2D eigenvalue weighted by atomic mass is 14.9. The maximum Gasteiger partial charge on any atom is 0.0422 e. The summed E-state index contributed by atoms with van der Waals surface area (Å²) < 4.78 is 0. The average Bonchev–Trinajstić information content (AvgIpc) is 2.53. The van der Waals surface area contributed by atoms with Crippen molar-refractivity contribution in [2.24, 2.45) is 0 Å². The summed E-state index contributed by atoms with van der Waals surface area (Å²) in [6, 6.07) is 8.77. The molecule has 2 heterocycles. The van der Waals surface area contributed by atoms with Gasteiger partial charge in [-0.1, -0.05) is 19.9 Å². The van der Waals surface area contributed by atoms with Crippen molar-refractivity contribution in [3.63, 3.8) is 0 Å². The number of aryl methyl sites for hydroxylation is 1. The molecule has 2 aromatic rings. The van der Waals surface area contributed by atoms with E-state index in [0.717, 1.165) is 31.5 Å². The van der Waals surface area contributed by atoms with E-state index in [1.54, 1.807) is 0 Å². The fourth-order valence-corrected chi connectivity index (χ4v) is 2.22. The maximum atomic E-state index is 4.57. The Morgan fingerprint density at radius 2 is 1.90 bits per heavy atom. The summed E-state index contributed by atoms with van der Waals surface area (Å²) in [7, 11) is 0. The van der Waals surface area contributed by atoms with Crippen LogP contribution in [0.5, 0.6) is 0 Å². The molecule has 1 atom stereocenters. The van der Waals surface area contributed by atoms with Crippen LogP contribution in [0.25, 0.3) is 0 Å². The zero-order valence-corrected chi connectivity index (χ0v) is 12.3. The Morgan fingerprint density at radius 1 is 1.10 bits per heavy atom. The van der Waals surface area contributed by atoms with Gasteiger partial charge in [0, 0.05) is 36.7 Å². The van der Waals surface area contributed by atoms with Crippen molar-refractivity contribution in [2.45, 2.75) is 39.2 Å². The monoisotopic (exact) mass is 269 g/mol. The van der Waals surface area contributed by atoms with Gasteiger partial charge in [-0.25, -0.2) is 0 Å². The van der Waals surface area contributed by atoms with E-state index in [1.165, 1.54) is 11.1 Å². The van der Waals surface area contributed by atoms with Crippen LogP contribution in [0.2, 0.25) is 0 Å². The Hall–Kier alpha value is -1.74. The standard InChI is InChI=1S/C17H23N3/c1-3-9-19-17(15-7-10-18-11-8-15)12-16-6-5-14(4-2)13-20-16/h5-8,10-11,13,17,19H,3-4,9,12H2,1-2H3. The molecule has 0 saturated heterocycles. The first-order chi connectivity index (χ1) is 9.83. The minimum absolute atomic E-state index is 0.304. The summed E-state index contributed by atoms with van der Waals surface area (Å²) in [6.07, 6.45) is 8.76. The quantitative estimate of drug-likeness (QED) is 0.838. The van der Waals surface area contributed by atoms with Gasteiger partial charge < -0.3 is 5.32 Å². The van der Waals surface area contributed by atoms with E-state index in [2.05, 4.69) is 53.4 Å². The molecular formula is C17H23N3. The number of nitrogens with zero attached hydrogens (tertiary/aromatic N) is 2. The number of rotatable bonds is 7. The van der Waals surface area contributed by atoms with Crippen LogP contribution < -0.4 is 5.32 Å². The zero-order valence-electron chi connectivity index (χ0n) is 12.3. The van der Waals surface area contributed by atoms with Crippen molar-refractivity contribution in [3.05, 3.63) is 59.7 Å². The average molecular weight is 269 g/mol. The second-order valence-corrected chi connectivity index (χ2v) is 5.00. The molecule has 0 radical (unpaired) electrons. The van der Waals surface area contributed by atoms with Crippen LogP contribution in [0.15, 0.2) is 42.9 Å². The molecule has 0 spiro atoms.